The summed E-state index contributed by atoms with van der Waals surface area (Å²) < 4.78 is 5.66. The summed E-state index contributed by atoms with van der Waals surface area (Å²) in [6.45, 7) is 0. The van der Waals surface area contributed by atoms with Crippen molar-refractivity contribution in [2.24, 2.45) is 0 Å². The molecule has 0 aliphatic rings. The molecule has 0 aliphatic carbocycles. The van der Waals surface area contributed by atoms with E-state index in [2.05, 4.69) is 36.2 Å². The molecule has 24 heavy (non-hydrogen) atoms. The van der Waals surface area contributed by atoms with E-state index in [1.807, 2.05) is 6.07 Å². The average molecular weight is 335 g/mol. The summed E-state index contributed by atoms with van der Waals surface area (Å²) in [5.74, 6) is 1.33. The van der Waals surface area contributed by atoms with E-state index >= 15 is 0 Å². The van der Waals surface area contributed by atoms with E-state index in [0.717, 1.165) is 16.1 Å². The van der Waals surface area contributed by atoms with Gasteiger partial charge in [0.25, 0.3) is 0 Å². The molecule has 0 bridgehead atoms. The van der Waals surface area contributed by atoms with E-state index in [4.69, 9.17) is 9.68 Å². The fourth-order valence-electron chi connectivity index (χ4n) is 2.13. The highest BCUT2D eigenvalue weighted by molar-refractivity contribution is 7.98. The van der Waals surface area contributed by atoms with Crippen LogP contribution >= 0.6 is 11.8 Å². The highest BCUT2D eigenvalue weighted by Gasteiger charge is 2.12. The van der Waals surface area contributed by atoms with Gasteiger partial charge in [-0.05, 0) is 18.2 Å². The highest BCUT2D eigenvalue weighted by atomic mass is 32.2. The Hall–Kier alpha value is -3.25. The Balaban J connectivity index is 1.53. The molecule has 0 atom stereocenters. The van der Waals surface area contributed by atoms with E-state index in [9.17, 15) is 0 Å². The predicted molar refractivity (Wildman–Crippen MR) is 85.7 cm³/mol. The zero-order valence-electron chi connectivity index (χ0n) is 12.2. The third kappa shape index (κ3) is 2.70. The summed E-state index contributed by atoms with van der Waals surface area (Å²) in [5, 5.41) is 17.8. The SMILES string of the molecule is N#Cc1cccc(-c2nnc(CSc3ncnc4nc[nH]c34)o2)c1. The summed E-state index contributed by atoms with van der Waals surface area (Å²) in [6, 6.07) is 9.13. The molecule has 0 aliphatic heterocycles. The number of hydrogen-bond donors (Lipinski definition) is 1. The molecule has 0 unspecified atom stereocenters. The van der Waals surface area contributed by atoms with Crippen LogP contribution in [0.3, 0.4) is 0 Å². The molecule has 4 rings (SSSR count). The maximum Gasteiger partial charge on any atom is 0.247 e. The number of fused-ring (bicyclic) bond motifs is 1. The van der Waals surface area contributed by atoms with Crippen LogP contribution in [-0.4, -0.2) is 30.1 Å². The van der Waals surface area contributed by atoms with Crippen LogP contribution in [0.4, 0.5) is 0 Å². The molecule has 3 heterocycles. The van der Waals surface area contributed by atoms with Crippen molar-refractivity contribution in [3.63, 3.8) is 0 Å². The summed E-state index contributed by atoms with van der Waals surface area (Å²) in [5.41, 5.74) is 2.66. The minimum absolute atomic E-state index is 0.386. The molecule has 0 radical (unpaired) electrons. The lowest BCUT2D eigenvalue weighted by Gasteiger charge is -1.98. The lowest BCUT2D eigenvalue weighted by atomic mass is 10.1. The summed E-state index contributed by atoms with van der Waals surface area (Å²) in [4.78, 5) is 15.4. The van der Waals surface area contributed by atoms with Crippen molar-refractivity contribution in [2.45, 2.75) is 10.8 Å². The highest BCUT2D eigenvalue weighted by Crippen LogP contribution is 2.26. The van der Waals surface area contributed by atoms with Gasteiger partial charge in [0.1, 0.15) is 16.9 Å². The van der Waals surface area contributed by atoms with Gasteiger partial charge in [0.15, 0.2) is 5.65 Å². The molecule has 9 heteroatoms. The summed E-state index contributed by atoms with van der Waals surface area (Å²) in [7, 11) is 0. The van der Waals surface area contributed by atoms with Gasteiger partial charge in [-0.1, -0.05) is 17.8 Å². The number of H-pyrrole nitrogens is 1. The molecule has 0 fully saturated rings. The number of hydrogen-bond acceptors (Lipinski definition) is 8. The number of thioether (sulfide) groups is 1. The number of aromatic amines is 1. The first kappa shape index (κ1) is 14.3. The Kier molecular flexibility index (Phi) is 3.64. The molecule has 0 saturated carbocycles. The first-order valence-corrected chi connectivity index (χ1v) is 7.92. The Bertz CT molecular complexity index is 1050. The minimum Gasteiger partial charge on any atom is -0.420 e. The molecule has 8 nitrogen and oxygen atoms in total. The Morgan fingerprint density at radius 1 is 1.21 bits per heavy atom. The number of aromatic nitrogens is 6. The van der Waals surface area contributed by atoms with Gasteiger partial charge in [-0.15, -0.1) is 10.2 Å². The van der Waals surface area contributed by atoms with Crippen LogP contribution in [0.15, 0.2) is 46.4 Å². The van der Waals surface area contributed by atoms with Crippen molar-refractivity contribution < 1.29 is 4.42 Å². The molecule has 4 aromatic rings. The van der Waals surface area contributed by atoms with Gasteiger partial charge in [-0.2, -0.15) is 5.26 Å². The van der Waals surface area contributed by atoms with Gasteiger partial charge in [0.05, 0.1) is 23.7 Å². The molecule has 1 N–H and O–H groups in total. The number of nitriles is 1. The van der Waals surface area contributed by atoms with E-state index < -0.39 is 0 Å². The van der Waals surface area contributed by atoms with Gasteiger partial charge in [0, 0.05) is 5.56 Å². The molecular formula is C15H9N7OS. The van der Waals surface area contributed by atoms with Gasteiger partial charge in [-0.3, -0.25) is 0 Å². The monoisotopic (exact) mass is 335 g/mol. The lowest BCUT2D eigenvalue weighted by Crippen LogP contribution is -1.87. The van der Waals surface area contributed by atoms with E-state index in [0.29, 0.717) is 28.7 Å². The van der Waals surface area contributed by atoms with Crippen molar-refractivity contribution in [1.29, 1.82) is 5.26 Å². The second-order valence-electron chi connectivity index (χ2n) is 4.76. The largest absolute Gasteiger partial charge is 0.420 e. The zero-order valence-corrected chi connectivity index (χ0v) is 13.0. The molecule has 0 amide bonds. The Morgan fingerprint density at radius 2 is 2.17 bits per heavy atom. The van der Waals surface area contributed by atoms with Crippen LogP contribution in [0.5, 0.6) is 0 Å². The molecule has 1 aromatic carbocycles. The van der Waals surface area contributed by atoms with Gasteiger partial charge >= 0.3 is 0 Å². The van der Waals surface area contributed by atoms with Crippen LogP contribution in [0, 0.1) is 11.3 Å². The fraction of sp³-hybridized carbons (Fsp3) is 0.0667. The van der Waals surface area contributed by atoms with Crippen LogP contribution in [-0.2, 0) is 5.75 Å². The maximum absolute atomic E-state index is 8.95. The number of imidazole rings is 1. The quantitative estimate of drug-likeness (QED) is 0.446. The van der Waals surface area contributed by atoms with E-state index in [1.165, 1.54) is 18.1 Å². The van der Waals surface area contributed by atoms with Crippen molar-refractivity contribution >= 4 is 22.9 Å². The number of rotatable bonds is 4. The van der Waals surface area contributed by atoms with Gasteiger partial charge < -0.3 is 9.40 Å². The van der Waals surface area contributed by atoms with E-state index in [1.54, 1.807) is 24.5 Å². The minimum atomic E-state index is 0.386. The topological polar surface area (TPSA) is 117 Å². The maximum atomic E-state index is 8.95. The molecule has 116 valence electrons. The molecule has 3 aromatic heterocycles. The van der Waals surface area contributed by atoms with Crippen molar-refractivity contribution in [3.05, 3.63) is 48.4 Å². The number of nitrogens with zero attached hydrogens (tertiary/aromatic N) is 6. The number of benzene rings is 1. The third-order valence-corrected chi connectivity index (χ3v) is 4.20. The molecule has 0 saturated heterocycles. The van der Waals surface area contributed by atoms with Crippen LogP contribution in [0.1, 0.15) is 11.5 Å². The van der Waals surface area contributed by atoms with Gasteiger partial charge in [-0.25, -0.2) is 15.0 Å². The van der Waals surface area contributed by atoms with Crippen LogP contribution in [0.2, 0.25) is 0 Å². The second-order valence-corrected chi connectivity index (χ2v) is 5.73. The zero-order chi connectivity index (χ0) is 16.4. The first-order chi connectivity index (χ1) is 11.8. The van der Waals surface area contributed by atoms with Crippen molar-refractivity contribution in [3.8, 4) is 17.5 Å². The predicted octanol–water partition coefficient (Wildman–Crippen LogP) is 2.57. The van der Waals surface area contributed by atoms with Crippen LogP contribution in [0.25, 0.3) is 22.6 Å². The summed E-state index contributed by atoms with van der Waals surface area (Å²) in [6.07, 6.45) is 3.05. The van der Waals surface area contributed by atoms with Crippen molar-refractivity contribution in [2.75, 3.05) is 0 Å². The van der Waals surface area contributed by atoms with Gasteiger partial charge in [0.2, 0.25) is 11.8 Å². The Morgan fingerprint density at radius 3 is 3.08 bits per heavy atom. The number of nitrogens with one attached hydrogen (secondary N) is 1. The second kappa shape index (κ2) is 6.10. The smallest absolute Gasteiger partial charge is 0.247 e. The van der Waals surface area contributed by atoms with E-state index in [-0.39, 0.29) is 0 Å². The Labute approximate surface area is 140 Å². The van der Waals surface area contributed by atoms with Crippen molar-refractivity contribution in [1.82, 2.24) is 30.1 Å². The molecule has 0 spiro atoms. The molecular weight excluding hydrogens is 326 g/mol. The summed E-state index contributed by atoms with van der Waals surface area (Å²) >= 11 is 1.45. The van der Waals surface area contributed by atoms with Crippen LogP contribution < -0.4 is 0 Å². The standard InChI is InChI=1S/C15H9N7OS/c16-5-9-2-1-3-10(4-9)14-22-21-11(23-14)6-24-15-12-13(18-7-17-12)19-8-20-15/h1-4,7-8H,6H2,(H,17,18,19,20). The fourth-order valence-corrected chi connectivity index (χ4v) is 2.93. The average Bonchev–Trinajstić information content (AvgIpc) is 3.29. The lowest BCUT2D eigenvalue weighted by molar-refractivity contribution is 0.528. The third-order valence-electron chi connectivity index (χ3n) is 3.23. The first-order valence-electron chi connectivity index (χ1n) is 6.93. The normalized spacial score (nSPS) is 10.8.